The molecule has 3 rings (SSSR count). The Bertz CT molecular complexity index is 599. The first-order valence-electron chi connectivity index (χ1n) is 9.34. The van der Waals surface area contributed by atoms with Crippen LogP contribution in [0.3, 0.4) is 0 Å². The van der Waals surface area contributed by atoms with E-state index in [4.69, 9.17) is 4.74 Å². The zero-order valence-corrected chi connectivity index (χ0v) is 16.1. The van der Waals surface area contributed by atoms with Gasteiger partial charge in [-0.2, -0.15) is 0 Å². The molecule has 1 fully saturated rings. The van der Waals surface area contributed by atoms with E-state index in [2.05, 4.69) is 37.2 Å². The predicted octanol–water partition coefficient (Wildman–Crippen LogP) is 6.09. The van der Waals surface area contributed by atoms with Crippen LogP contribution in [-0.2, 0) is 4.74 Å². The van der Waals surface area contributed by atoms with E-state index in [-0.39, 0.29) is 11.9 Å². The van der Waals surface area contributed by atoms with Crippen LogP contribution < -0.4 is 0 Å². The largest absolute Gasteiger partial charge is 0.381 e. The molecule has 0 aliphatic carbocycles. The van der Waals surface area contributed by atoms with Crippen LogP contribution in [-0.4, -0.2) is 22.8 Å². The Morgan fingerprint density at radius 3 is 2.42 bits per heavy atom. The molecule has 2 aromatic rings. The van der Waals surface area contributed by atoms with Gasteiger partial charge in [0.15, 0.2) is 5.82 Å². The lowest BCUT2D eigenvalue weighted by Crippen LogP contribution is -2.11. The van der Waals surface area contributed by atoms with Gasteiger partial charge in [0.1, 0.15) is 11.3 Å². The molecule has 0 radical (unpaired) electrons. The van der Waals surface area contributed by atoms with Crippen LogP contribution in [0.2, 0.25) is 0 Å². The number of rotatable bonds is 3. The molecule has 0 unspecified atom stereocenters. The van der Waals surface area contributed by atoms with Crippen molar-refractivity contribution >= 4 is 11.0 Å². The summed E-state index contributed by atoms with van der Waals surface area (Å²) in [5, 5.41) is 0. The third kappa shape index (κ3) is 4.79. The van der Waals surface area contributed by atoms with Crippen LogP contribution in [0.15, 0.2) is 18.2 Å². The van der Waals surface area contributed by atoms with E-state index in [1.165, 1.54) is 18.9 Å². The molecule has 1 aliphatic heterocycles. The molecule has 0 spiro atoms. The van der Waals surface area contributed by atoms with E-state index in [1.807, 2.05) is 19.9 Å². The van der Waals surface area contributed by atoms with E-state index in [0.29, 0.717) is 18.0 Å². The lowest BCUT2D eigenvalue weighted by Gasteiger charge is -2.15. The van der Waals surface area contributed by atoms with Crippen LogP contribution in [0.25, 0.3) is 11.0 Å². The Balaban J connectivity index is 0.000000423. The van der Waals surface area contributed by atoms with Gasteiger partial charge < -0.3 is 9.30 Å². The number of hydrogen-bond acceptors (Lipinski definition) is 2. The smallest absolute Gasteiger partial charge is 0.151 e. The fourth-order valence-corrected chi connectivity index (χ4v) is 2.67. The number of nitrogens with zero attached hydrogens (tertiary/aromatic N) is 2. The summed E-state index contributed by atoms with van der Waals surface area (Å²) in [4.78, 5) is 4.52. The van der Waals surface area contributed by atoms with E-state index < -0.39 is 0 Å². The fourth-order valence-electron chi connectivity index (χ4n) is 2.67. The molecular formula is C20H33FN2O. The Morgan fingerprint density at radius 2 is 1.92 bits per heavy atom. The van der Waals surface area contributed by atoms with Gasteiger partial charge in [-0.3, -0.25) is 0 Å². The zero-order valence-electron chi connectivity index (χ0n) is 16.1. The van der Waals surface area contributed by atoms with E-state index in [9.17, 15) is 4.39 Å². The van der Waals surface area contributed by atoms with Crippen molar-refractivity contribution < 1.29 is 9.13 Å². The minimum absolute atomic E-state index is 0.243. The van der Waals surface area contributed by atoms with Gasteiger partial charge in [-0.05, 0) is 32.4 Å². The molecule has 0 bridgehead atoms. The molecule has 0 amide bonds. The number of imidazole rings is 1. The zero-order chi connectivity index (χ0) is 18.1. The molecule has 0 saturated carbocycles. The van der Waals surface area contributed by atoms with Gasteiger partial charge in [0.2, 0.25) is 0 Å². The lowest BCUT2D eigenvalue weighted by molar-refractivity contribution is 0.192. The van der Waals surface area contributed by atoms with Crippen molar-refractivity contribution in [3.05, 3.63) is 29.8 Å². The molecule has 136 valence electrons. The highest BCUT2D eigenvalue weighted by molar-refractivity contribution is 5.77. The molecule has 1 atom stereocenters. The minimum atomic E-state index is -0.243. The first-order chi connectivity index (χ1) is 11.6. The Labute approximate surface area is 146 Å². The van der Waals surface area contributed by atoms with Crippen LogP contribution in [0.1, 0.15) is 78.6 Å². The highest BCUT2D eigenvalue weighted by atomic mass is 19.1. The monoisotopic (exact) mass is 336 g/mol. The second-order valence-electron chi connectivity index (χ2n) is 6.10. The van der Waals surface area contributed by atoms with Crippen molar-refractivity contribution in [2.75, 3.05) is 13.2 Å². The third-order valence-electron chi connectivity index (χ3n) is 4.01. The third-order valence-corrected chi connectivity index (χ3v) is 4.01. The Morgan fingerprint density at radius 1 is 1.25 bits per heavy atom. The summed E-state index contributed by atoms with van der Waals surface area (Å²) in [7, 11) is 0. The maximum Gasteiger partial charge on any atom is 0.151 e. The molecule has 3 nitrogen and oxygen atoms in total. The number of benzene rings is 1. The van der Waals surface area contributed by atoms with Crippen LogP contribution in [0.4, 0.5) is 4.39 Å². The summed E-state index contributed by atoms with van der Waals surface area (Å²) in [6, 6.07) is 5.42. The summed E-state index contributed by atoms with van der Waals surface area (Å²) in [6.45, 7) is 14.0. The first kappa shape index (κ1) is 20.6. The Kier molecular flexibility index (Phi) is 8.98. The number of unbranched alkanes of at least 4 members (excludes halogenated alkanes) is 1. The molecule has 1 aliphatic rings. The number of hydrogen-bond donors (Lipinski definition) is 0. The molecule has 24 heavy (non-hydrogen) atoms. The summed E-state index contributed by atoms with van der Waals surface area (Å²) < 4.78 is 21.4. The molecule has 1 aromatic carbocycles. The number of ether oxygens (including phenoxy) is 1. The summed E-state index contributed by atoms with van der Waals surface area (Å²) in [5.41, 5.74) is 1.36. The van der Waals surface area contributed by atoms with E-state index in [1.54, 1.807) is 6.07 Å². The van der Waals surface area contributed by atoms with Crippen molar-refractivity contribution in [2.24, 2.45) is 0 Å². The average Bonchev–Trinajstić information content (AvgIpc) is 3.24. The van der Waals surface area contributed by atoms with Crippen molar-refractivity contribution in [1.82, 2.24) is 9.55 Å². The van der Waals surface area contributed by atoms with Gasteiger partial charge in [-0.25, -0.2) is 9.37 Å². The van der Waals surface area contributed by atoms with Gasteiger partial charge >= 0.3 is 0 Å². The molecule has 1 saturated heterocycles. The van der Waals surface area contributed by atoms with Gasteiger partial charge in [-0.1, -0.05) is 46.6 Å². The maximum absolute atomic E-state index is 13.8. The number of aromatic nitrogens is 2. The van der Waals surface area contributed by atoms with Crippen molar-refractivity contribution in [2.45, 2.75) is 72.8 Å². The average molecular weight is 336 g/mol. The molecule has 2 heterocycles. The normalized spacial score (nSPS) is 16.6. The van der Waals surface area contributed by atoms with Crippen LogP contribution in [0, 0.1) is 5.82 Å². The maximum atomic E-state index is 13.8. The molecule has 4 heteroatoms. The number of halogens is 1. The molecule has 1 aromatic heterocycles. The lowest BCUT2D eigenvalue weighted by atomic mass is 10.1. The minimum Gasteiger partial charge on any atom is -0.381 e. The van der Waals surface area contributed by atoms with Crippen molar-refractivity contribution in [1.29, 1.82) is 0 Å². The predicted molar refractivity (Wildman–Crippen MR) is 100 cm³/mol. The van der Waals surface area contributed by atoms with E-state index in [0.717, 1.165) is 24.4 Å². The summed E-state index contributed by atoms with van der Waals surface area (Å²) >= 11 is 0. The molecule has 0 N–H and O–H groups in total. The standard InChI is InChI=1S/C14H17FN2O.C4H10.C2H6/c1-9(2)17-12-5-3-4-11(15)13(12)16-14(17)10-6-7-18-8-10;1-3-4-2;1-2/h3-5,9-10H,6-8H2,1-2H3;3-4H2,1-2H3;1-2H3/t10-;;/m0../s1. The highest BCUT2D eigenvalue weighted by Gasteiger charge is 2.26. The Hall–Kier alpha value is -1.42. The summed E-state index contributed by atoms with van der Waals surface area (Å²) in [6.07, 6.45) is 3.61. The van der Waals surface area contributed by atoms with Crippen LogP contribution in [0.5, 0.6) is 0 Å². The fraction of sp³-hybridized carbons (Fsp3) is 0.650. The quantitative estimate of drug-likeness (QED) is 0.678. The van der Waals surface area contributed by atoms with Gasteiger partial charge in [0, 0.05) is 18.6 Å². The van der Waals surface area contributed by atoms with E-state index >= 15 is 0 Å². The molecular weight excluding hydrogens is 303 g/mol. The number of para-hydroxylation sites is 1. The number of fused-ring (bicyclic) bond motifs is 1. The second-order valence-corrected chi connectivity index (χ2v) is 6.10. The SMILES string of the molecule is CC.CC(C)n1c([C@H]2CCOC2)nc2c(F)cccc21.CCCC. The topological polar surface area (TPSA) is 27.1 Å². The van der Waals surface area contributed by atoms with Gasteiger partial charge in [0.25, 0.3) is 0 Å². The van der Waals surface area contributed by atoms with Gasteiger partial charge in [-0.15, -0.1) is 0 Å². The van der Waals surface area contributed by atoms with Crippen molar-refractivity contribution in [3.63, 3.8) is 0 Å². The van der Waals surface area contributed by atoms with Crippen molar-refractivity contribution in [3.8, 4) is 0 Å². The van der Waals surface area contributed by atoms with Gasteiger partial charge in [0.05, 0.1) is 12.1 Å². The summed E-state index contributed by atoms with van der Waals surface area (Å²) in [5.74, 6) is 1.01. The highest BCUT2D eigenvalue weighted by Crippen LogP contribution is 2.31. The van der Waals surface area contributed by atoms with Crippen LogP contribution >= 0.6 is 0 Å². The first-order valence-corrected chi connectivity index (χ1v) is 9.34. The second kappa shape index (κ2) is 10.4.